The lowest BCUT2D eigenvalue weighted by molar-refractivity contribution is 0.0998. The van der Waals surface area contributed by atoms with E-state index in [0.29, 0.717) is 5.56 Å². The number of hydrogen-bond acceptors (Lipinski definition) is 2. The molecule has 0 unspecified atom stereocenters. The summed E-state index contributed by atoms with van der Waals surface area (Å²) in [7, 11) is 0. The molecule has 0 aromatic heterocycles. The molecule has 0 saturated carbocycles. The fourth-order valence-electron chi connectivity index (χ4n) is 2.97. The zero-order chi connectivity index (χ0) is 14.3. The molecular formula is C16H24N2O. The number of rotatable bonds is 2. The van der Waals surface area contributed by atoms with Crippen molar-refractivity contribution in [1.29, 1.82) is 0 Å². The first-order valence-corrected chi connectivity index (χ1v) is 6.94. The van der Waals surface area contributed by atoms with Crippen LogP contribution in [0.25, 0.3) is 0 Å². The Labute approximate surface area is 115 Å². The molecule has 3 nitrogen and oxygen atoms in total. The summed E-state index contributed by atoms with van der Waals surface area (Å²) in [5.41, 5.74) is 7.30. The molecule has 0 atom stereocenters. The Morgan fingerprint density at radius 1 is 1.21 bits per heavy atom. The van der Waals surface area contributed by atoms with Crippen LogP contribution in [0.15, 0.2) is 24.3 Å². The van der Waals surface area contributed by atoms with Crippen molar-refractivity contribution in [3.63, 3.8) is 0 Å². The van der Waals surface area contributed by atoms with Gasteiger partial charge < -0.3 is 10.6 Å². The first kappa shape index (κ1) is 13.9. The summed E-state index contributed by atoms with van der Waals surface area (Å²) in [6, 6.07) is 7.66. The third-order valence-electron chi connectivity index (χ3n) is 4.97. The SMILES string of the molecule is CC1(C)CCCN(c2ccccc2C(N)=O)C1(C)C. The zero-order valence-electron chi connectivity index (χ0n) is 12.4. The van der Waals surface area contributed by atoms with Gasteiger partial charge in [-0.15, -0.1) is 0 Å². The van der Waals surface area contributed by atoms with Gasteiger partial charge in [0.25, 0.3) is 5.91 Å². The summed E-state index contributed by atoms with van der Waals surface area (Å²) >= 11 is 0. The highest BCUT2D eigenvalue weighted by molar-refractivity contribution is 5.98. The van der Waals surface area contributed by atoms with Gasteiger partial charge in [0.1, 0.15) is 0 Å². The second-order valence-electron chi connectivity index (χ2n) is 6.58. The van der Waals surface area contributed by atoms with Crippen LogP contribution in [0.2, 0.25) is 0 Å². The molecule has 1 aliphatic heterocycles. The molecule has 1 aromatic carbocycles. The van der Waals surface area contributed by atoms with E-state index in [1.165, 1.54) is 6.42 Å². The van der Waals surface area contributed by atoms with Crippen LogP contribution in [0.5, 0.6) is 0 Å². The van der Waals surface area contributed by atoms with E-state index in [1.807, 2.05) is 24.3 Å². The summed E-state index contributed by atoms with van der Waals surface area (Å²) in [6.07, 6.45) is 2.35. The maximum absolute atomic E-state index is 11.6. The molecule has 19 heavy (non-hydrogen) atoms. The molecule has 1 heterocycles. The number of nitrogens with zero attached hydrogens (tertiary/aromatic N) is 1. The van der Waals surface area contributed by atoms with Crippen molar-refractivity contribution in [2.24, 2.45) is 11.1 Å². The lowest BCUT2D eigenvalue weighted by Crippen LogP contribution is -2.58. The predicted octanol–water partition coefficient (Wildman–Crippen LogP) is 3.19. The molecule has 1 saturated heterocycles. The van der Waals surface area contributed by atoms with Crippen molar-refractivity contribution in [2.45, 2.75) is 46.1 Å². The van der Waals surface area contributed by atoms with Crippen LogP contribution >= 0.6 is 0 Å². The van der Waals surface area contributed by atoms with Gasteiger partial charge in [-0.3, -0.25) is 4.79 Å². The van der Waals surface area contributed by atoms with E-state index in [0.717, 1.165) is 18.7 Å². The Morgan fingerprint density at radius 3 is 2.47 bits per heavy atom. The van der Waals surface area contributed by atoms with Crippen molar-refractivity contribution in [3.8, 4) is 0 Å². The summed E-state index contributed by atoms with van der Waals surface area (Å²) < 4.78 is 0. The van der Waals surface area contributed by atoms with E-state index in [1.54, 1.807) is 0 Å². The van der Waals surface area contributed by atoms with Crippen molar-refractivity contribution in [2.75, 3.05) is 11.4 Å². The maximum Gasteiger partial charge on any atom is 0.250 e. The van der Waals surface area contributed by atoms with Crippen LogP contribution in [0.1, 0.15) is 50.9 Å². The lowest BCUT2D eigenvalue weighted by Gasteiger charge is -2.54. The Morgan fingerprint density at radius 2 is 1.84 bits per heavy atom. The number of piperidine rings is 1. The highest BCUT2D eigenvalue weighted by atomic mass is 16.1. The quantitative estimate of drug-likeness (QED) is 0.887. The molecule has 1 aliphatic rings. The van der Waals surface area contributed by atoms with E-state index < -0.39 is 0 Å². The monoisotopic (exact) mass is 260 g/mol. The van der Waals surface area contributed by atoms with Gasteiger partial charge in [-0.2, -0.15) is 0 Å². The van der Waals surface area contributed by atoms with Crippen LogP contribution in [0, 0.1) is 5.41 Å². The molecule has 0 aliphatic carbocycles. The fraction of sp³-hybridized carbons (Fsp3) is 0.562. The van der Waals surface area contributed by atoms with E-state index >= 15 is 0 Å². The topological polar surface area (TPSA) is 46.3 Å². The average Bonchev–Trinajstić information content (AvgIpc) is 2.32. The third-order valence-corrected chi connectivity index (χ3v) is 4.97. The summed E-state index contributed by atoms with van der Waals surface area (Å²) in [5, 5.41) is 0. The van der Waals surface area contributed by atoms with E-state index in [4.69, 9.17) is 5.73 Å². The number of nitrogens with two attached hydrogens (primary N) is 1. The van der Waals surface area contributed by atoms with Gasteiger partial charge in [-0.05, 0) is 44.2 Å². The van der Waals surface area contributed by atoms with Crippen molar-refractivity contribution < 1.29 is 4.79 Å². The summed E-state index contributed by atoms with van der Waals surface area (Å²) in [6.45, 7) is 10.1. The molecular weight excluding hydrogens is 236 g/mol. The number of para-hydroxylation sites is 1. The number of amides is 1. The Balaban J connectivity index is 2.49. The normalized spacial score (nSPS) is 21.2. The van der Waals surface area contributed by atoms with Gasteiger partial charge >= 0.3 is 0 Å². The summed E-state index contributed by atoms with van der Waals surface area (Å²) in [4.78, 5) is 14.0. The van der Waals surface area contributed by atoms with Crippen molar-refractivity contribution >= 4 is 11.6 Å². The molecule has 104 valence electrons. The van der Waals surface area contributed by atoms with Gasteiger partial charge in [0, 0.05) is 17.8 Å². The van der Waals surface area contributed by atoms with E-state index in [9.17, 15) is 4.79 Å². The van der Waals surface area contributed by atoms with Crippen molar-refractivity contribution in [1.82, 2.24) is 0 Å². The largest absolute Gasteiger partial charge is 0.366 e. The second-order valence-corrected chi connectivity index (χ2v) is 6.58. The van der Waals surface area contributed by atoms with Gasteiger partial charge in [-0.25, -0.2) is 0 Å². The first-order valence-electron chi connectivity index (χ1n) is 6.94. The minimum atomic E-state index is -0.352. The Hall–Kier alpha value is -1.51. The van der Waals surface area contributed by atoms with Gasteiger partial charge in [0.2, 0.25) is 0 Å². The second kappa shape index (κ2) is 4.55. The molecule has 0 bridgehead atoms. The molecule has 1 amide bonds. The average molecular weight is 260 g/mol. The lowest BCUT2D eigenvalue weighted by atomic mass is 9.67. The number of benzene rings is 1. The summed E-state index contributed by atoms with van der Waals surface area (Å²) in [5.74, 6) is -0.352. The smallest absolute Gasteiger partial charge is 0.250 e. The van der Waals surface area contributed by atoms with E-state index in [-0.39, 0.29) is 16.9 Å². The minimum absolute atomic E-state index is 0.00317. The minimum Gasteiger partial charge on any atom is -0.366 e. The van der Waals surface area contributed by atoms with Gasteiger partial charge in [0.15, 0.2) is 0 Å². The van der Waals surface area contributed by atoms with E-state index in [2.05, 4.69) is 32.6 Å². The number of anilines is 1. The van der Waals surface area contributed by atoms with Gasteiger partial charge in [0.05, 0.1) is 5.56 Å². The third kappa shape index (κ3) is 2.22. The molecule has 2 N–H and O–H groups in total. The molecule has 3 heteroatoms. The number of hydrogen-bond donors (Lipinski definition) is 1. The first-order chi connectivity index (χ1) is 8.77. The van der Waals surface area contributed by atoms with Crippen molar-refractivity contribution in [3.05, 3.63) is 29.8 Å². The maximum atomic E-state index is 11.6. The molecule has 0 radical (unpaired) electrons. The van der Waals surface area contributed by atoms with Crippen LogP contribution in [-0.2, 0) is 0 Å². The Bertz CT molecular complexity index is 491. The number of primary amides is 1. The van der Waals surface area contributed by atoms with Gasteiger partial charge in [-0.1, -0.05) is 26.0 Å². The van der Waals surface area contributed by atoms with Crippen LogP contribution in [0.3, 0.4) is 0 Å². The zero-order valence-corrected chi connectivity index (χ0v) is 12.4. The highest BCUT2D eigenvalue weighted by Gasteiger charge is 2.44. The fourth-order valence-corrected chi connectivity index (χ4v) is 2.97. The highest BCUT2D eigenvalue weighted by Crippen LogP contribution is 2.45. The molecule has 2 rings (SSSR count). The molecule has 0 spiro atoms. The number of carbonyl (C=O) groups excluding carboxylic acids is 1. The number of carbonyl (C=O) groups is 1. The molecule has 1 aromatic rings. The predicted molar refractivity (Wildman–Crippen MR) is 79.4 cm³/mol. The molecule has 1 fully saturated rings. The van der Waals surface area contributed by atoms with Crippen LogP contribution < -0.4 is 10.6 Å². The van der Waals surface area contributed by atoms with Crippen LogP contribution in [-0.4, -0.2) is 18.0 Å². The van der Waals surface area contributed by atoms with Crippen LogP contribution in [0.4, 0.5) is 5.69 Å². The Kier molecular flexibility index (Phi) is 3.33. The standard InChI is InChI=1S/C16H24N2O/c1-15(2)10-7-11-18(16(15,3)4)13-9-6-5-8-12(13)14(17)19/h5-6,8-9H,7,10-11H2,1-4H3,(H2,17,19).